The molecule has 0 fully saturated rings. The van der Waals surface area contributed by atoms with Crippen LogP contribution in [0.15, 0.2) is 12.2 Å². The molecule has 2 unspecified atom stereocenters. The summed E-state index contributed by atoms with van der Waals surface area (Å²) in [4.78, 5) is 4.61. The third-order valence-electron chi connectivity index (χ3n) is 2.88. The lowest BCUT2D eigenvalue weighted by Gasteiger charge is -2.07. The molecule has 2 rings (SSSR count). The average Bonchev–Trinajstić information content (AvgIpc) is 2.72. The molecule has 0 saturated carbocycles. The van der Waals surface area contributed by atoms with E-state index in [2.05, 4.69) is 36.1 Å². The highest BCUT2D eigenvalue weighted by atomic mass is 15.3. The molecule has 4 heteroatoms. The Morgan fingerprint density at radius 3 is 2.81 bits per heavy atom. The zero-order valence-electron chi connectivity index (χ0n) is 10.2. The van der Waals surface area contributed by atoms with Gasteiger partial charge < -0.3 is 5.73 Å². The van der Waals surface area contributed by atoms with E-state index < -0.39 is 0 Å². The van der Waals surface area contributed by atoms with E-state index in [1.165, 1.54) is 0 Å². The molecule has 0 spiro atoms. The van der Waals surface area contributed by atoms with Crippen LogP contribution in [0.3, 0.4) is 0 Å². The van der Waals surface area contributed by atoms with Crippen molar-refractivity contribution in [3.05, 3.63) is 23.8 Å². The highest BCUT2D eigenvalue weighted by molar-refractivity contribution is 5.17. The Labute approximate surface area is 96.6 Å². The maximum atomic E-state index is 5.86. The Hall–Kier alpha value is -1.16. The van der Waals surface area contributed by atoms with Crippen molar-refractivity contribution in [3.63, 3.8) is 0 Å². The van der Waals surface area contributed by atoms with Gasteiger partial charge >= 0.3 is 0 Å². The topological polar surface area (TPSA) is 56.7 Å². The van der Waals surface area contributed by atoms with E-state index in [9.17, 15) is 0 Å². The molecule has 1 heterocycles. The molecule has 4 nitrogen and oxygen atoms in total. The van der Waals surface area contributed by atoms with Gasteiger partial charge in [0.2, 0.25) is 0 Å². The van der Waals surface area contributed by atoms with Crippen LogP contribution in [0, 0.1) is 5.92 Å². The maximum Gasteiger partial charge on any atom is 0.151 e. The number of nitrogens with two attached hydrogens (primary N) is 1. The summed E-state index contributed by atoms with van der Waals surface area (Å²) in [6.45, 7) is 4.36. The van der Waals surface area contributed by atoms with E-state index in [0.717, 1.165) is 24.5 Å². The lowest BCUT2D eigenvalue weighted by Crippen LogP contribution is -2.15. The molecule has 0 aliphatic heterocycles. The van der Waals surface area contributed by atoms with Crippen molar-refractivity contribution in [1.82, 2.24) is 14.8 Å². The molecule has 0 saturated heterocycles. The van der Waals surface area contributed by atoms with Crippen molar-refractivity contribution in [1.29, 1.82) is 0 Å². The Morgan fingerprint density at radius 1 is 1.50 bits per heavy atom. The van der Waals surface area contributed by atoms with Crippen molar-refractivity contribution in [2.24, 2.45) is 18.7 Å². The van der Waals surface area contributed by atoms with Crippen molar-refractivity contribution in [3.8, 4) is 0 Å². The van der Waals surface area contributed by atoms with Crippen molar-refractivity contribution in [2.45, 2.75) is 38.6 Å². The van der Waals surface area contributed by atoms with Gasteiger partial charge in [-0.25, -0.2) is 4.98 Å². The lowest BCUT2D eigenvalue weighted by molar-refractivity contribution is 0.606. The SMILES string of the molecule is CC(C)Cc1nc(C2C=CC(N)C2)n(C)n1. The van der Waals surface area contributed by atoms with Gasteiger partial charge in [0.25, 0.3) is 0 Å². The predicted octanol–water partition coefficient (Wildman–Crippen LogP) is 1.38. The molecule has 1 aromatic heterocycles. The fourth-order valence-electron chi connectivity index (χ4n) is 2.14. The van der Waals surface area contributed by atoms with E-state index >= 15 is 0 Å². The Bertz CT molecular complexity index is 392. The summed E-state index contributed by atoms with van der Waals surface area (Å²) in [5.74, 6) is 2.92. The molecule has 0 amide bonds. The molecule has 16 heavy (non-hydrogen) atoms. The number of hydrogen-bond donors (Lipinski definition) is 1. The summed E-state index contributed by atoms with van der Waals surface area (Å²) in [6.07, 6.45) is 6.10. The molecule has 1 aliphatic carbocycles. The monoisotopic (exact) mass is 220 g/mol. The van der Waals surface area contributed by atoms with Crippen LogP contribution in [-0.2, 0) is 13.5 Å². The van der Waals surface area contributed by atoms with Crippen molar-refractivity contribution in [2.75, 3.05) is 0 Å². The van der Waals surface area contributed by atoms with Gasteiger partial charge in [0.1, 0.15) is 5.82 Å². The molecule has 0 aromatic carbocycles. The lowest BCUT2D eigenvalue weighted by atomic mass is 10.1. The van der Waals surface area contributed by atoms with Crippen LogP contribution in [0.25, 0.3) is 0 Å². The van der Waals surface area contributed by atoms with Crippen LogP contribution in [0.1, 0.15) is 37.8 Å². The molecule has 2 N–H and O–H groups in total. The van der Waals surface area contributed by atoms with Gasteiger partial charge in [-0.1, -0.05) is 26.0 Å². The standard InChI is InChI=1S/C12H20N4/c1-8(2)6-11-14-12(16(3)15-11)9-4-5-10(13)7-9/h4-5,8-10H,6-7,13H2,1-3H3. The van der Waals surface area contributed by atoms with Crippen LogP contribution < -0.4 is 5.73 Å². The number of aromatic nitrogens is 3. The Balaban J connectivity index is 2.16. The van der Waals surface area contributed by atoms with Gasteiger partial charge in [-0.05, 0) is 12.3 Å². The first-order chi connectivity index (χ1) is 7.56. The second-order valence-corrected chi connectivity index (χ2v) is 5.00. The minimum absolute atomic E-state index is 0.176. The first-order valence-corrected chi connectivity index (χ1v) is 5.90. The minimum Gasteiger partial charge on any atom is -0.324 e. The van der Waals surface area contributed by atoms with Gasteiger partial charge in [-0.15, -0.1) is 0 Å². The summed E-state index contributed by atoms with van der Waals surface area (Å²) >= 11 is 0. The van der Waals surface area contributed by atoms with E-state index in [1.54, 1.807) is 0 Å². The number of aryl methyl sites for hydroxylation is 1. The fraction of sp³-hybridized carbons (Fsp3) is 0.667. The minimum atomic E-state index is 0.176. The van der Waals surface area contributed by atoms with Crippen molar-refractivity contribution < 1.29 is 0 Å². The number of rotatable bonds is 3. The second-order valence-electron chi connectivity index (χ2n) is 5.00. The van der Waals surface area contributed by atoms with Crippen LogP contribution in [0.5, 0.6) is 0 Å². The highest BCUT2D eigenvalue weighted by Crippen LogP contribution is 2.26. The summed E-state index contributed by atoms with van der Waals surface area (Å²) in [7, 11) is 1.96. The molecule has 2 atom stereocenters. The fourth-order valence-corrected chi connectivity index (χ4v) is 2.14. The normalized spacial score (nSPS) is 24.6. The zero-order valence-corrected chi connectivity index (χ0v) is 10.2. The average molecular weight is 220 g/mol. The Kier molecular flexibility index (Phi) is 3.10. The van der Waals surface area contributed by atoms with Crippen molar-refractivity contribution >= 4 is 0 Å². The highest BCUT2D eigenvalue weighted by Gasteiger charge is 2.22. The third-order valence-corrected chi connectivity index (χ3v) is 2.88. The second kappa shape index (κ2) is 4.37. The summed E-state index contributed by atoms with van der Waals surface area (Å²) in [5, 5.41) is 4.45. The van der Waals surface area contributed by atoms with Gasteiger partial charge in [0.05, 0.1) is 0 Å². The molecule has 0 bridgehead atoms. The van der Waals surface area contributed by atoms with Gasteiger partial charge in [-0.3, -0.25) is 4.68 Å². The van der Waals surface area contributed by atoms with E-state index in [-0.39, 0.29) is 6.04 Å². The van der Waals surface area contributed by atoms with Crippen LogP contribution in [0.2, 0.25) is 0 Å². The van der Waals surface area contributed by atoms with E-state index in [0.29, 0.717) is 11.8 Å². The first-order valence-electron chi connectivity index (χ1n) is 5.90. The summed E-state index contributed by atoms with van der Waals surface area (Å²) in [6, 6.07) is 0.176. The van der Waals surface area contributed by atoms with Gasteiger partial charge in [0, 0.05) is 25.4 Å². The first kappa shape index (κ1) is 11.3. The number of hydrogen-bond acceptors (Lipinski definition) is 3. The molecular formula is C12H20N4. The molecule has 1 aromatic rings. The molecule has 1 aliphatic rings. The Morgan fingerprint density at radius 2 is 2.25 bits per heavy atom. The molecule has 0 radical (unpaired) electrons. The smallest absolute Gasteiger partial charge is 0.151 e. The van der Waals surface area contributed by atoms with Crippen LogP contribution >= 0.6 is 0 Å². The van der Waals surface area contributed by atoms with Gasteiger partial charge in [0.15, 0.2) is 5.82 Å². The van der Waals surface area contributed by atoms with Crippen LogP contribution in [-0.4, -0.2) is 20.8 Å². The summed E-state index contributed by atoms with van der Waals surface area (Å²) in [5.41, 5.74) is 5.86. The molecular weight excluding hydrogens is 200 g/mol. The maximum absolute atomic E-state index is 5.86. The zero-order chi connectivity index (χ0) is 11.7. The number of allylic oxidation sites excluding steroid dienone is 1. The quantitative estimate of drug-likeness (QED) is 0.783. The molecule has 88 valence electrons. The number of nitrogens with zero attached hydrogens (tertiary/aromatic N) is 3. The van der Waals surface area contributed by atoms with Gasteiger partial charge in [-0.2, -0.15) is 5.10 Å². The van der Waals surface area contributed by atoms with E-state index in [1.807, 2.05) is 11.7 Å². The largest absolute Gasteiger partial charge is 0.324 e. The predicted molar refractivity (Wildman–Crippen MR) is 64.0 cm³/mol. The van der Waals surface area contributed by atoms with E-state index in [4.69, 9.17) is 5.73 Å². The summed E-state index contributed by atoms with van der Waals surface area (Å²) < 4.78 is 1.89. The van der Waals surface area contributed by atoms with Crippen LogP contribution in [0.4, 0.5) is 0 Å². The third kappa shape index (κ3) is 2.32.